The molecule has 160 valence electrons. The van der Waals surface area contributed by atoms with Gasteiger partial charge in [0.05, 0.1) is 6.54 Å². The number of likely N-dealkylation sites (tertiary alicyclic amines) is 1. The number of aryl methyl sites for hydroxylation is 1. The van der Waals surface area contributed by atoms with E-state index in [9.17, 15) is 14.0 Å². The number of rotatable bonds is 9. The molecule has 3 rings (SSSR count). The number of hydrogen-bond acceptors (Lipinski definition) is 3. The summed E-state index contributed by atoms with van der Waals surface area (Å²) in [6, 6.07) is 16.4. The molecule has 2 amide bonds. The van der Waals surface area contributed by atoms with E-state index in [1.54, 1.807) is 12.1 Å². The monoisotopic (exact) mass is 411 g/mol. The molecule has 2 aromatic carbocycles. The topological polar surface area (TPSA) is 61.4 Å². The Balaban J connectivity index is 1.28. The molecule has 30 heavy (non-hydrogen) atoms. The third kappa shape index (κ3) is 7.26. The van der Waals surface area contributed by atoms with Crippen molar-refractivity contribution in [3.63, 3.8) is 0 Å². The standard InChI is InChI=1S/C24H30FN3O2/c25-22-10-8-20(9-11-22)17-27-24(30)21-12-15-28(16-13-21)18-23(29)26-14-4-7-19-5-2-1-3-6-19/h1-3,5-6,8-11,21H,4,7,12-18H2,(H,26,29)(H,27,30). The molecular formula is C24H30FN3O2. The molecule has 0 bridgehead atoms. The highest BCUT2D eigenvalue weighted by Crippen LogP contribution is 2.17. The van der Waals surface area contributed by atoms with Gasteiger partial charge < -0.3 is 10.6 Å². The zero-order valence-electron chi connectivity index (χ0n) is 17.3. The van der Waals surface area contributed by atoms with E-state index in [0.717, 1.165) is 44.3 Å². The number of halogens is 1. The zero-order chi connectivity index (χ0) is 21.2. The summed E-state index contributed by atoms with van der Waals surface area (Å²) >= 11 is 0. The number of benzene rings is 2. The van der Waals surface area contributed by atoms with Gasteiger partial charge in [-0.2, -0.15) is 0 Å². The summed E-state index contributed by atoms with van der Waals surface area (Å²) in [4.78, 5) is 26.6. The van der Waals surface area contributed by atoms with Crippen molar-refractivity contribution in [2.75, 3.05) is 26.2 Å². The smallest absolute Gasteiger partial charge is 0.234 e. The second kappa shape index (κ2) is 11.5. The van der Waals surface area contributed by atoms with Gasteiger partial charge in [0, 0.05) is 19.0 Å². The van der Waals surface area contributed by atoms with Gasteiger partial charge in [-0.3, -0.25) is 14.5 Å². The van der Waals surface area contributed by atoms with Crippen LogP contribution in [0.25, 0.3) is 0 Å². The maximum atomic E-state index is 12.9. The summed E-state index contributed by atoms with van der Waals surface area (Å²) in [5.74, 6) is -0.236. The van der Waals surface area contributed by atoms with Crippen molar-refractivity contribution in [1.82, 2.24) is 15.5 Å². The number of amides is 2. The van der Waals surface area contributed by atoms with E-state index < -0.39 is 0 Å². The number of carbonyl (C=O) groups is 2. The lowest BCUT2D eigenvalue weighted by Crippen LogP contribution is -2.44. The van der Waals surface area contributed by atoms with Gasteiger partial charge in [0.1, 0.15) is 5.82 Å². The van der Waals surface area contributed by atoms with Gasteiger partial charge in [0.25, 0.3) is 0 Å². The number of carbonyl (C=O) groups excluding carboxylic acids is 2. The van der Waals surface area contributed by atoms with E-state index in [1.807, 2.05) is 18.2 Å². The van der Waals surface area contributed by atoms with Crippen LogP contribution in [0.2, 0.25) is 0 Å². The van der Waals surface area contributed by atoms with Crippen LogP contribution >= 0.6 is 0 Å². The molecule has 5 nitrogen and oxygen atoms in total. The molecule has 2 N–H and O–H groups in total. The molecule has 0 aromatic heterocycles. The van der Waals surface area contributed by atoms with Crippen LogP contribution in [0.3, 0.4) is 0 Å². The second-order valence-corrected chi connectivity index (χ2v) is 7.83. The van der Waals surface area contributed by atoms with Gasteiger partial charge in [-0.1, -0.05) is 42.5 Å². The molecule has 0 atom stereocenters. The number of hydrogen-bond donors (Lipinski definition) is 2. The molecule has 1 aliphatic rings. The predicted octanol–water partition coefficient (Wildman–Crippen LogP) is 2.90. The number of nitrogens with zero attached hydrogens (tertiary/aromatic N) is 1. The molecule has 2 aromatic rings. The maximum absolute atomic E-state index is 12.9. The minimum Gasteiger partial charge on any atom is -0.355 e. The Hall–Kier alpha value is -2.73. The molecule has 0 radical (unpaired) electrons. The second-order valence-electron chi connectivity index (χ2n) is 7.83. The van der Waals surface area contributed by atoms with Crippen LogP contribution in [-0.4, -0.2) is 42.9 Å². The molecule has 0 aliphatic carbocycles. The van der Waals surface area contributed by atoms with Gasteiger partial charge in [-0.25, -0.2) is 4.39 Å². The average molecular weight is 412 g/mol. The molecule has 1 aliphatic heterocycles. The lowest BCUT2D eigenvalue weighted by molar-refractivity contribution is -0.127. The Kier molecular flexibility index (Phi) is 8.39. The van der Waals surface area contributed by atoms with Crippen molar-refractivity contribution < 1.29 is 14.0 Å². The van der Waals surface area contributed by atoms with Crippen LogP contribution in [0.4, 0.5) is 4.39 Å². The molecule has 0 saturated carbocycles. The lowest BCUT2D eigenvalue weighted by Gasteiger charge is -2.30. The fourth-order valence-electron chi connectivity index (χ4n) is 3.71. The van der Waals surface area contributed by atoms with Gasteiger partial charge in [0.2, 0.25) is 11.8 Å². The zero-order valence-corrected chi connectivity index (χ0v) is 17.3. The Bertz CT molecular complexity index is 803. The largest absolute Gasteiger partial charge is 0.355 e. The summed E-state index contributed by atoms with van der Waals surface area (Å²) in [7, 11) is 0. The van der Waals surface area contributed by atoms with Crippen molar-refractivity contribution in [2.24, 2.45) is 5.92 Å². The van der Waals surface area contributed by atoms with E-state index in [0.29, 0.717) is 19.6 Å². The Morgan fingerprint density at radius 1 is 0.933 bits per heavy atom. The van der Waals surface area contributed by atoms with Crippen molar-refractivity contribution in [1.29, 1.82) is 0 Å². The quantitative estimate of drug-likeness (QED) is 0.624. The fourth-order valence-corrected chi connectivity index (χ4v) is 3.71. The highest BCUT2D eigenvalue weighted by molar-refractivity contribution is 5.79. The van der Waals surface area contributed by atoms with Crippen molar-refractivity contribution >= 4 is 11.8 Å². The number of piperidine rings is 1. The van der Waals surface area contributed by atoms with E-state index in [4.69, 9.17) is 0 Å². The van der Waals surface area contributed by atoms with Gasteiger partial charge in [-0.15, -0.1) is 0 Å². The Morgan fingerprint density at radius 2 is 1.63 bits per heavy atom. The SMILES string of the molecule is O=C(CN1CCC(C(=O)NCc2ccc(F)cc2)CC1)NCCCc1ccccc1. The Labute approximate surface area is 177 Å². The van der Waals surface area contributed by atoms with Gasteiger partial charge >= 0.3 is 0 Å². The van der Waals surface area contributed by atoms with Crippen LogP contribution in [0, 0.1) is 11.7 Å². The first-order valence-corrected chi connectivity index (χ1v) is 10.7. The van der Waals surface area contributed by atoms with E-state index in [-0.39, 0.29) is 23.5 Å². The molecule has 1 fully saturated rings. The van der Waals surface area contributed by atoms with Gasteiger partial charge in [-0.05, 0) is 62.0 Å². The molecule has 0 spiro atoms. The predicted molar refractivity (Wildman–Crippen MR) is 115 cm³/mol. The van der Waals surface area contributed by atoms with E-state index in [2.05, 4.69) is 27.7 Å². The Morgan fingerprint density at radius 3 is 2.33 bits per heavy atom. The van der Waals surface area contributed by atoms with Crippen LogP contribution < -0.4 is 10.6 Å². The fraction of sp³-hybridized carbons (Fsp3) is 0.417. The van der Waals surface area contributed by atoms with E-state index in [1.165, 1.54) is 17.7 Å². The summed E-state index contributed by atoms with van der Waals surface area (Å²) in [6.07, 6.45) is 3.37. The van der Waals surface area contributed by atoms with E-state index >= 15 is 0 Å². The highest BCUT2D eigenvalue weighted by atomic mass is 19.1. The highest BCUT2D eigenvalue weighted by Gasteiger charge is 2.25. The normalized spacial score (nSPS) is 15.0. The lowest BCUT2D eigenvalue weighted by atomic mass is 9.96. The third-order valence-electron chi connectivity index (χ3n) is 5.51. The maximum Gasteiger partial charge on any atom is 0.234 e. The van der Waals surface area contributed by atoms with Crippen LogP contribution in [0.5, 0.6) is 0 Å². The molecule has 1 heterocycles. The molecule has 1 saturated heterocycles. The van der Waals surface area contributed by atoms with Gasteiger partial charge in [0.15, 0.2) is 0 Å². The first-order valence-electron chi connectivity index (χ1n) is 10.7. The van der Waals surface area contributed by atoms with Crippen LogP contribution in [0.15, 0.2) is 54.6 Å². The molecule has 0 unspecified atom stereocenters. The number of nitrogens with one attached hydrogen (secondary N) is 2. The minimum absolute atomic E-state index is 0.0318. The van der Waals surface area contributed by atoms with Crippen molar-refractivity contribution in [2.45, 2.75) is 32.2 Å². The summed E-state index contributed by atoms with van der Waals surface area (Å²) < 4.78 is 12.9. The first-order chi connectivity index (χ1) is 14.6. The first kappa shape index (κ1) is 22.0. The average Bonchev–Trinajstić information content (AvgIpc) is 2.77. The molecule has 6 heteroatoms. The minimum atomic E-state index is -0.280. The van der Waals surface area contributed by atoms with Crippen molar-refractivity contribution in [3.05, 3.63) is 71.5 Å². The summed E-state index contributed by atoms with van der Waals surface area (Å²) in [5, 5.41) is 5.92. The third-order valence-corrected chi connectivity index (χ3v) is 5.51. The summed E-state index contributed by atoms with van der Waals surface area (Å²) in [5.41, 5.74) is 2.16. The summed E-state index contributed by atoms with van der Waals surface area (Å²) in [6.45, 7) is 2.95. The van der Waals surface area contributed by atoms with Crippen LogP contribution in [-0.2, 0) is 22.6 Å². The van der Waals surface area contributed by atoms with Crippen LogP contribution in [0.1, 0.15) is 30.4 Å². The van der Waals surface area contributed by atoms with Crippen molar-refractivity contribution in [3.8, 4) is 0 Å². The molecular weight excluding hydrogens is 381 g/mol.